The van der Waals surface area contributed by atoms with E-state index in [1.807, 2.05) is 0 Å². The number of amides is 1. The zero-order valence-corrected chi connectivity index (χ0v) is 19.6. The van der Waals surface area contributed by atoms with Crippen molar-refractivity contribution in [2.24, 2.45) is 11.3 Å². The third kappa shape index (κ3) is 3.87. The van der Waals surface area contributed by atoms with Crippen molar-refractivity contribution in [3.8, 4) is 0 Å². The van der Waals surface area contributed by atoms with E-state index < -0.39 is 0 Å². The van der Waals surface area contributed by atoms with Crippen molar-refractivity contribution in [2.75, 3.05) is 34.4 Å². The van der Waals surface area contributed by atoms with Gasteiger partial charge in [0.25, 0.3) is 0 Å². The Bertz CT molecular complexity index is 710. The number of nitrogens with zero attached hydrogens (tertiary/aromatic N) is 1. The van der Waals surface area contributed by atoms with Gasteiger partial charge < -0.3 is 19.1 Å². The van der Waals surface area contributed by atoms with Crippen LogP contribution in [0.25, 0.3) is 0 Å². The van der Waals surface area contributed by atoms with Crippen molar-refractivity contribution in [1.29, 1.82) is 0 Å². The maximum atomic E-state index is 13.7. The summed E-state index contributed by atoms with van der Waals surface area (Å²) in [5.41, 5.74) is 3.03. The van der Waals surface area contributed by atoms with E-state index in [2.05, 4.69) is 20.8 Å². The van der Waals surface area contributed by atoms with E-state index in [0.717, 1.165) is 56.7 Å². The van der Waals surface area contributed by atoms with Gasteiger partial charge in [0.2, 0.25) is 5.91 Å². The molecule has 3 aliphatic carbocycles. The topological polar surface area (TPSA) is 48.0 Å². The molecule has 2 fully saturated rings. The molecule has 29 heavy (non-hydrogen) atoms. The molecule has 1 amide bonds. The second-order valence-electron chi connectivity index (χ2n) is 9.16. The van der Waals surface area contributed by atoms with Gasteiger partial charge in [-0.05, 0) is 37.7 Å². The van der Waals surface area contributed by atoms with Crippen LogP contribution in [-0.2, 0) is 19.0 Å². The van der Waals surface area contributed by atoms with Crippen LogP contribution < -0.4 is 0 Å². The van der Waals surface area contributed by atoms with Crippen molar-refractivity contribution in [1.82, 2.24) is 4.90 Å². The molecular formula is C23H34BrNO4. The third-order valence-corrected chi connectivity index (χ3v) is 8.50. The van der Waals surface area contributed by atoms with Crippen LogP contribution in [0.4, 0.5) is 0 Å². The molecule has 1 heterocycles. The van der Waals surface area contributed by atoms with E-state index in [9.17, 15) is 4.79 Å². The molecule has 4 aliphatic rings. The average Bonchev–Trinajstić information content (AvgIpc) is 3.20. The number of carbonyl (C=O) groups is 1. The van der Waals surface area contributed by atoms with Gasteiger partial charge in [0.05, 0.1) is 26.2 Å². The molecule has 162 valence electrons. The van der Waals surface area contributed by atoms with Gasteiger partial charge in [-0.2, -0.15) is 0 Å². The lowest BCUT2D eigenvalue weighted by Crippen LogP contribution is -2.52. The Kier molecular flexibility index (Phi) is 6.31. The van der Waals surface area contributed by atoms with Gasteiger partial charge in [0.15, 0.2) is 0 Å². The minimum Gasteiger partial charge on any atom is -0.497 e. The summed E-state index contributed by atoms with van der Waals surface area (Å²) < 4.78 is 17.0. The smallest absolute Gasteiger partial charge is 0.228 e. The number of allylic oxidation sites excluding steroid dienone is 2. The summed E-state index contributed by atoms with van der Waals surface area (Å²) in [5, 5.41) is 0. The van der Waals surface area contributed by atoms with E-state index in [1.165, 1.54) is 36.8 Å². The zero-order valence-electron chi connectivity index (χ0n) is 18.0. The fraction of sp³-hybridized carbons (Fsp3) is 0.783. The van der Waals surface area contributed by atoms with E-state index in [4.69, 9.17) is 14.2 Å². The van der Waals surface area contributed by atoms with Gasteiger partial charge >= 0.3 is 0 Å². The Balaban J connectivity index is 1.61. The maximum absolute atomic E-state index is 13.7. The Morgan fingerprint density at radius 1 is 1.07 bits per heavy atom. The van der Waals surface area contributed by atoms with Gasteiger partial charge in [-0.25, -0.2) is 0 Å². The summed E-state index contributed by atoms with van der Waals surface area (Å²) >= 11 is 3.75. The van der Waals surface area contributed by atoms with Crippen molar-refractivity contribution < 1.29 is 19.0 Å². The van der Waals surface area contributed by atoms with E-state index in [-0.39, 0.29) is 23.3 Å². The lowest BCUT2D eigenvalue weighted by atomic mass is 9.69. The molecule has 0 bridgehead atoms. The summed E-state index contributed by atoms with van der Waals surface area (Å²) in [5.74, 6) is 2.11. The van der Waals surface area contributed by atoms with Gasteiger partial charge in [0.1, 0.15) is 11.5 Å². The first kappa shape index (κ1) is 21.2. The number of fused-ring (bicyclic) bond motifs is 1. The SMILES string of the molecule is COC1=C(OC)CC2=C(C1)CN(C(=O)C1CC(Br)CCC1OC)CC21CCCC1. The van der Waals surface area contributed by atoms with Crippen LogP contribution in [0.1, 0.15) is 57.8 Å². The van der Waals surface area contributed by atoms with Crippen molar-refractivity contribution in [2.45, 2.75) is 68.7 Å². The number of ether oxygens (including phenoxy) is 3. The first-order valence-electron chi connectivity index (χ1n) is 11.0. The quantitative estimate of drug-likeness (QED) is 0.448. The highest BCUT2D eigenvalue weighted by molar-refractivity contribution is 9.09. The van der Waals surface area contributed by atoms with Crippen LogP contribution in [0.5, 0.6) is 0 Å². The lowest BCUT2D eigenvalue weighted by molar-refractivity contribution is -0.143. The second kappa shape index (κ2) is 8.62. The average molecular weight is 468 g/mol. The van der Waals surface area contributed by atoms with Gasteiger partial charge in [-0.15, -0.1) is 0 Å². The van der Waals surface area contributed by atoms with Crippen LogP contribution in [-0.4, -0.2) is 56.2 Å². The monoisotopic (exact) mass is 467 g/mol. The predicted molar refractivity (Wildman–Crippen MR) is 116 cm³/mol. The lowest BCUT2D eigenvalue weighted by Gasteiger charge is -2.47. The highest BCUT2D eigenvalue weighted by Crippen LogP contribution is 2.53. The van der Waals surface area contributed by atoms with Gasteiger partial charge in [-0.3, -0.25) is 4.79 Å². The van der Waals surface area contributed by atoms with Crippen molar-refractivity contribution in [3.05, 3.63) is 22.7 Å². The normalized spacial score (nSPS) is 31.9. The molecule has 0 saturated heterocycles. The number of alkyl halides is 1. The minimum absolute atomic E-state index is 0.0343. The second-order valence-corrected chi connectivity index (χ2v) is 10.5. The Morgan fingerprint density at radius 2 is 1.76 bits per heavy atom. The summed E-state index contributed by atoms with van der Waals surface area (Å²) in [6.07, 6.45) is 9.36. The van der Waals surface area contributed by atoms with Gasteiger partial charge in [-0.1, -0.05) is 34.3 Å². The molecule has 4 rings (SSSR count). The Labute approximate surface area is 182 Å². The van der Waals surface area contributed by atoms with Crippen molar-refractivity contribution in [3.63, 3.8) is 0 Å². The molecule has 0 aromatic rings. The third-order valence-electron chi connectivity index (χ3n) is 7.67. The number of hydrogen-bond donors (Lipinski definition) is 0. The predicted octanol–water partition coefficient (Wildman–Crippen LogP) is 4.56. The Morgan fingerprint density at radius 3 is 2.41 bits per heavy atom. The molecule has 0 N–H and O–H groups in total. The molecular weight excluding hydrogens is 434 g/mol. The summed E-state index contributed by atoms with van der Waals surface area (Å²) in [6, 6.07) is 0. The summed E-state index contributed by atoms with van der Waals surface area (Å²) in [7, 11) is 5.21. The maximum Gasteiger partial charge on any atom is 0.228 e. The minimum atomic E-state index is -0.0470. The van der Waals surface area contributed by atoms with Gasteiger partial charge in [0, 0.05) is 43.3 Å². The molecule has 0 radical (unpaired) electrons. The highest BCUT2D eigenvalue weighted by atomic mass is 79.9. The fourth-order valence-corrected chi connectivity index (χ4v) is 6.82. The largest absolute Gasteiger partial charge is 0.497 e. The number of carbonyl (C=O) groups excluding carboxylic acids is 1. The molecule has 0 aromatic heterocycles. The van der Waals surface area contributed by atoms with Crippen LogP contribution in [0.15, 0.2) is 22.7 Å². The number of hydrogen-bond acceptors (Lipinski definition) is 4. The first-order valence-corrected chi connectivity index (χ1v) is 11.9. The first-order chi connectivity index (χ1) is 14.0. The Hall–Kier alpha value is -1.01. The van der Waals surface area contributed by atoms with Crippen molar-refractivity contribution >= 4 is 21.8 Å². The zero-order chi connectivity index (χ0) is 20.6. The standard InChI is InChI=1S/C23H34BrNO4/c1-27-19-7-6-16(24)11-17(19)22(26)25-13-15-10-20(28-2)21(29-3)12-18(15)23(14-25)8-4-5-9-23/h16-17,19H,4-14H2,1-3H3. The van der Waals surface area contributed by atoms with Crippen LogP contribution in [0.2, 0.25) is 0 Å². The number of rotatable bonds is 4. The molecule has 3 atom stereocenters. The number of halogens is 1. The summed E-state index contributed by atoms with van der Waals surface area (Å²) in [6.45, 7) is 1.57. The van der Waals surface area contributed by atoms with Crippen LogP contribution in [0.3, 0.4) is 0 Å². The fourth-order valence-electron chi connectivity index (χ4n) is 6.15. The van der Waals surface area contributed by atoms with Crippen LogP contribution in [0, 0.1) is 11.3 Å². The highest BCUT2D eigenvalue weighted by Gasteiger charge is 2.48. The van der Waals surface area contributed by atoms with E-state index in [0.29, 0.717) is 4.83 Å². The summed E-state index contributed by atoms with van der Waals surface area (Å²) in [4.78, 5) is 16.2. The molecule has 6 heteroatoms. The molecule has 0 aromatic carbocycles. The van der Waals surface area contributed by atoms with E-state index >= 15 is 0 Å². The molecule has 1 aliphatic heterocycles. The molecule has 1 spiro atoms. The van der Waals surface area contributed by atoms with E-state index in [1.54, 1.807) is 21.3 Å². The molecule has 5 nitrogen and oxygen atoms in total. The molecule has 3 unspecified atom stereocenters. The number of methoxy groups -OCH3 is 3. The van der Waals surface area contributed by atoms with Crippen LogP contribution >= 0.6 is 15.9 Å². The molecule has 2 saturated carbocycles.